The van der Waals surface area contributed by atoms with E-state index in [1.807, 2.05) is 36.4 Å². The number of benzene rings is 3. The maximum atomic E-state index is 15.1. The Hall–Kier alpha value is -7.00. The second-order valence-corrected chi connectivity index (χ2v) is 14.3. The van der Waals surface area contributed by atoms with Gasteiger partial charge in [0.15, 0.2) is 11.5 Å². The van der Waals surface area contributed by atoms with Crippen molar-refractivity contribution in [3.05, 3.63) is 153 Å². The van der Waals surface area contributed by atoms with Gasteiger partial charge in [-0.25, -0.2) is 28.8 Å². The van der Waals surface area contributed by atoms with Crippen LogP contribution >= 0.6 is 0 Å². The molecule has 57 heavy (non-hydrogen) atoms. The molecular weight excluding hydrogens is 728 g/mol. The first kappa shape index (κ1) is 36.9. The number of allylic oxidation sites excluding steroid dienone is 1. The SMILES string of the molecule is C=CCn1c(=O)c2cnc(Nc3ccc(N4CCN(C(=O)c5cc(Cc6n[nH]c(=O)c7ccccc67)ccc5F)CC4)cc3)nc2n1-c1cccc(C(C)(C)O)n1. The third kappa shape index (κ3) is 7.27. The van der Waals surface area contributed by atoms with Crippen LogP contribution in [-0.4, -0.2) is 76.6 Å². The number of aromatic nitrogens is 7. The molecule has 3 N–H and O–H groups in total. The van der Waals surface area contributed by atoms with Crippen LogP contribution in [0.15, 0.2) is 113 Å². The number of fused-ring (bicyclic) bond motifs is 2. The van der Waals surface area contributed by atoms with Crippen LogP contribution in [-0.2, 0) is 18.6 Å². The van der Waals surface area contributed by atoms with Crippen LogP contribution in [0.1, 0.15) is 41.2 Å². The van der Waals surface area contributed by atoms with Gasteiger partial charge in [-0.3, -0.25) is 14.4 Å². The van der Waals surface area contributed by atoms with Gasteiger partial charge in [0.2, 0.25) is 5.95 Å². The third-order valence-corrected chi connectivity index (χ3v) is 10.0. The van der Waals surface area contributed by atoms with Crippen LogP contribution in [0, 0.1) is 5.82 Å². The molecule has 0 aliphatic carbocycles. The predicted octanol–water partition coefficient (Wildman–Crippen LogP) is 5.06. The number of hydrogen-bond donors (Lipinski definition) is 3. The van der Waals surface area contributed by atoms with Crippen LogP contribution < -0.4 is 21.3 Å². The largest absolute Gasteiger partial charge is 0.384 e. The number of hydrogen-bond acceptors (Lipinski definition) is 10. The van der Waals surface area contributed by atoms with E-state index in [1.165, 1.54) is 16.9 Å². The third-order valence-electron chi connectivity index (χ3n) is 10.0. The smallest absolute Gasteiger partial charge is 0.278 e. The van der Waals surface area contributed by atoms with Gasteiger partial charge in [0.25, 0.3) is 17.0 Å². The quantitative estimate of drug-likeness (QED) is 0.160. The van der Waals surface area contributed by atoms with Gasteiger partial charge in [0.05, 0.1) is 28.9 Å². The molecule has 15 heteroatoms. The first-order valence-electron chi connectivity index (χ1n) is 18.4. The molecule has 7 aromatic rings. The fraction of sp³-hybridized carbons (Fsp3) is 0.214. The second-order valence-electron chi connectivity index (χ2n) is 14.3. The van der Waals surface area contributed by atoms with Crippen LogP contribution in [0.25, 0.3) is 27.6 Å². The first-order chi connectivity index (χ1) is 27.5. The highest BCUT2D eigenvalue weighted by Gasteiger charge is 2.26. The van der Waals surface area contributed by atoms with E-state index >= 15 is 4.39 Å². The van der Waals surface area contributed by atoms with E-state index in [0.29, 0.717) is 82.9 Å². The number of carbonyl (C=O) groups is 1. The number of H-pyrrole nitrogens is 1. The average Bonchev–Trinajstić information content (AvgIpc) is 3.49. The summed E-state index contributed by atoms with van der Waals surface area (Å²) < 4.78 is 18.1. The predicted molar refractivity (Wildman–Crippen MR) is 216 cm³/mol. The van der Waals surface area contributed by atoms with E-state index in [0.717, 1.165) is 5.69 Å². The fourth-order valence-electron chi connectivity index (χ4n) is 7.06. The molecule has 0 atom stereocenters. The van der Waals surface area contributed by atoms with Gasteiger partial charge in [-0.05, 0) is 74.0 Å². The van der Waals surface area contributed by atoms with E-state index in [1.54, 1.807) is 72.0 Å². The van der Waals surface area contributed by atoms with Gasteiger partial charge in [0, 0.05) is 55.6 Å². The van der Waals surface area contributed by atoms with Crippen LogP contribution in [0.2, 0.25) is 0 Å². The van der Waals surface area contributed by atoms with Crippen molar-refractivity contribution in [1.82, 2.24) is 39.4 Å². The van der Waals surface area contributed by atoms with Crippen molar-refractivity contribution in [1.29, 1.82) is 0 Å². The Labute approximate surface area is 325 Å². The monoisotopic (exact) mass is 766 g/mol. The zero-order valence-electron chi connectivity index (χ0n) is 31.3. The van der Waals surface area contributed by atoms with Gasteiger partial charge in [-0.2, -0.15) is 10.1 Å². The van der Waals surface area contributed by atoms with E-state index in [4.69, 9.17) is 4.98 Å². The van der Waals surface area contributed by atoms with E-state index < -0.39 is 11.4 Å². The lowest BCUT2D eigenvalue weighted by atomic mass is 10.0. The Bertz CT molecular complexity index is 2780. The molecule has 4 aromatic heterocycles. The molecule has 1 saturated heterocycles. The molecule has 8 rings (SSSR count). The summed E-state index contributed by atoms with van der Waals surface area (Å²) in [5.74, 6) is -0.293. The van der Waals surface area contributed by atoms with Gasteiger partial charge < -0.3 is 20.2 Å². The molecule has 288 valence electrons. The van der Waals surface area contributed by atoms with Gasteiger partial charge in [-0.1, -0.05) is 36.4 Å². The second kappa shape index (κ2) is 14.9. The zero-order chi connectivity index (χ0) is 39.8. The Morgan fingerprint density at radius 3 is 2.44 bits per heavy atom. The summed E-state index contributed by atoms with van der Waals surface area (Å²) in [7, 11) is 0. The van der Waals surface area contributed by atoms with Crippen molar-refractivity contribution >= 4 is 45.0 Å². The molecule has 1 amide bonds. The number of piperazine rings is 1. The minimum Gasteiger partial charge on any atom is -0.384 e. The maximum Gasteiger partial charge on any atom is 0.278 e. The zero-order valence-corrected chi connectivity index (χ0v) is 31.3. The van der Waals surface area contributed by atoms with E-state index in [2.05, 4.69) is 37.0 Å². The number of anilines is 3. The van der Waals surface area contributed by atoms with Crippen LogP contribution in [0.3, 0.4) is 0 Å². The summed E-state index contributed by atoms with van der Waals surface area (Å²) in [6, 6.07) is 24.6. The number of pyridine rings is 1. The topological polar surface area (TPSA) is 167 Å². The Kier molecular flexibility index (Phi) is 9.67. The highest BCUT2D eigenvalue weighted by molar-refractivity contribution is 5.95. The number of amides is 1. The summed E-state index contributed by atoms with van der Waals surface area (Å²) in [6.45, 7) is 9.20. The number of carbonyl (C=O) groups excluding carboxylic acids is 1. The molecule has 0 radical (unpaired) electrons. The number of nitrogens with zero attached hydrogens (tertiary/aromatic N) is 8. The number of rotatable bonds is 10. The first-order valence-corrected chi connectivity index (χ1v) is 18.4. The molecule has 0 bridgehead atoms. The number of aromatic amines is 1. The summed E-state index contributed by atoms with van der Waals surface area (Å²) in [5, 5.41) is 22.1. The lowest BCUT2D eigenvalue weighted by Gasteiger charge is -2.36. The van der Waals surface area contributed by atoms with Crippen LogP contribution in [0.5, 0.6) is 0 Å². The van der Waals surface area contributed by atoms with Gasteiger partial charge >= 0.3 is 0 Å². The van der Waals surface area contributed by atoms with Crippen molar-refractivity contribution in [2.75, 3.05) is 36.4 Å². The number of nitrogens with one attached hydrogen (secondary N) is 2. The van der Waals surface area contributed by atoms with E-state index in [9.17, 15) is 19.5 Å². The van der Waals surface area contributed by atoms with Crippen LogP contribution in [0.4, 0.5) is 21.7 Å². The molecular formula is C42H39FN10O4. The standard InChI is InChI=1S/C42H39FN10O4/c1-4-18-52-40(56)32-25-44-41(47-37(32)53(52)36-11-7-10-35(46-36)42(2,3)57)45-27-13-15-28(16-14-27)50-19-21-51(22-20-50)39(55)31-23-26(12-17-33(31)43)24-34-29-8-5-6-9-30(29)38(54)49-48-34/h4-17,23,25,57H,1,18-22,24H2,2-3H3,(H,49,54)(H,44,45,47). The molecule has 0 spiro atoms. The van der Waals surface area contributed by atoms with Crippen molar-refractivity contribution in [3.8, 4) is 5.82 Å². The molecule has 3 aromatic carbocycles. The molecule has 5 heterocycles. The van der Waals surface area contributed by atoms with Gasteiger partial charge in [-0.15, -0.1) is 6.58 Å². The number of aliphatic hydroxyl groups is 1. The highest BCUT2D eigenvalue weighted by Crippen LogP contribution is 2.25. The molecule has 14 nitrogen and oxygen atoms in total. The number of halogens is 1. The normalized spacial score (nSPS) is 13.3. The minimum atomic E-state index is -1.20. The maximum absolute atomic E-state index is 15.1. The summed E-state index contributed by atoms with van der Waals surface area (Å²) in [5.41, 5.74) is 2.00. The average molecular weight is 767 g/mol. The van der Waals surface area contributed by atoms with Crippen molar-refractivity contribution in [2.24, 2.45) is 0 Å². The molecule has 0 saturated carbocycles. The van der Waals surface area contributed by atoms with Gasteiger partial charge in [0.1, 0.15) is 16.8 Å². The minimum absolute atomic E-state index is 0.00123. The molecule has 1 aliphatic heterocycles. The molecule has 1 fully saturated rings. The summed E-state index contributed by atoms with van der Waals surface area (Å²) >= 11 is 0. The Morgan fingerprint density at radius 1 is 0.947 bits per heavy atom. The lowest BCUT2D eigenvalue weighted by Crippen LogP contribution is -2.49. The van der Waals surface area contributed by atoms with Crippen molar-refractivity contribution in [3.63, 3.8) is 0 Å². The Morgan fingerprint density at radius 2 is 1.70 bits per heavy atom. The van der Waals surface area contributed by atoms with E-state index in [-0.39, 0.29) is 35.1 Å². The fourth-order valence-corrected chi connectivity index (χ4v) is 7.06. The molecule has 1 aliphatic rings. The highest BCUT2D eigenvalue weighted by atomic mass is 19.1. The summed E-state index contributed by atoms with van der Waals surface area (Å²) in [4.78, 5) is 56.8. The van der Waals surface area contributed by atoms with Crippen molar-refractivity contribution in [2.45, 2.75) is 32.4 Å². The summed E-state index contributed by atoms with van der Waals surface area (Å²) in [6.07, 6.45) is 3.41. The Balaban J connectivity index is 0.948. The molecule has 0 unspecified atom stereocenters. The van der Waals surface area contributed by atoms with Crippen molar-refractivity contribution < 1.29 is 14.3 Å². The lowest BCUT2D eigenvalue weighted by molar-refractivity contribution is 0.0733.